The summed E-state index contributed by atoms with van der Waals surface area (Å²) < 4.78 is 0. The van der Waals surface area contributed by atoms with E-state index in [1.807, 2.05) is 18.9 Å². The molecule has 0 atom stereocenters. The Morgan fingerprint density at radius 2 is 2.26 bits per heavy atom. The summed E-state index contributed by atoms with van der Waals surface area (Å²) in [6.07, 6.45) is 0.959. The molecule has 5 nitrogen and oxygen atoms in total. The number of likely N-dealkylation sites (N-methyl/N-ethyl adjacent to an activating group) is 1. The smallest absolute Gasteiger partial charge is 0.225 e. The van der Waals surface area contributed by atoms with Crippen LogP contribution in [0.15, 0.2) is 23.6 Å². The second-order valence-corrected chi connectivity index (χ2v) is 5.39. The van der Waals surface area contributed by atoms with Crippen LogP contribution in [0, 0.1) is 12.3 Å². The van der Waals surface area contributed by atoms with E-state index in [1.54, 1.807) is 17.4 Å². The standard InChI is InChI=1S/C13H17N5S/c1-9-8-11(12(14)15)17-13(16-9)18(2)6-5-10-4-3-7-19-10/h3-4,7-8H,5-6H2,1-2H3,(H3,14,15). The van der Waals surface area contributed by atoms with Gasteiger partial charge in [0.15, 0.2) is 0 Å². The SMILES string of the molecule is Cc1cc(C(=N)N)nc(N(C)CCc2cccs2)n1. The summed E-state index contributed by atoms with van der Waals surface area (Å²) in [4.78, 5) is 12.0. The van der Waals surface area contributed by atoms with Gasteiger partial charge in [0.25, 0.3) is 0 Å². The third kappa shape index (κ3) is 3.51. The lowest BCUT2D eigenvalue weighted by atomic mass is 10.3. The van der Waals surface area contributed by atoms with Crippen LogP contribution in [-0.4, -0.2) is 29.4 Å². The minimum absolute atomic E-state index is 0.0293. The fourth-order valence-electron chi connectivity index (χ4n) is 1.69. The third-order valence-electron chi connectivity index (χ3n) is 2.73. The Labute approximate surface area is 116 Å². The molecule has 0 saturated carbocycles. The van der Waals surface area contributed by atoms with Crippen molar-refractivity contribution in [3.05, 3.63) is 39.8 Å². The first-order valence-corrected chi connectivity index (χ1v) is 6.88. The number of nitrogens with one attached hydrogen (secondary N) is 1. The van der Waals surface area contributed by atoms with Crippen molar-refractivity contribution in [1.82, 2.24) is 9.97 Å². The molecule has 2 aromatic heterocycles. The molecule has 3 N–H and O–H groups in total. The number of hydrogen-bond acceptors (Lipinski definition) is 5. The molecule has 2 heterocycles. The molecule has 0 amide bonds. The van der Waals surface area contributed by atoms with Crippen LogP contribution < -0.4 is 10.6 Å². The summed E-state index contributed by atoms with van der Waals surface area (Å²) in [6, 6.07) is 5.90. The average Bonchev–Trinajstić information content (AvgIpc) is 2.88. The molecule has 0 bridgehead atoms. The van der Waals surface area contributed by atoms with Gasteiger partial charge >= 0.3 is 0 Å². The van der Waals surface area contributed by atoms with Gasteiger partial charge in [0, 0.05) is 24.2 Å². The molecule has 2 rings (SSSR count). The number of nitrogens with two attached hydrogens (primary N) is 1. The zero-order valence-electron chi connectivity index (χ0n) is 11.1. The number of hydrogen-bond donors (Lipinski definition) is 2. The molecule has 19 heavy (non-hydrogen) atoms. The highest BCUT2D eigenvalue weighted by Crippen LogP contribution is 2.12. The van der Waals surface area contributed by atoms with Gasteiger partial charge in [-0.2, -0.15) is 0 Å². The molecule has 0 radical (unpaired) electrons. The Balaban J connectivity index is 2.09. The van der Waals surface area contributed by atoms with Gasteiger partial charge in [-0.25, -0.2) is 9.97 Å². The summed E-state index contributed by atoms with van der Waals surface area (Å²) in [5, 5.41) is 9.53. The second-order valence-electron chi connectivity index (χ2n) is 4.36. The Morgan fingerprint density at radius 1 is 1.47 bits per heavy atom. The maximum absolute atomic E-state index is 7.46. The largest absolute Gasteiger partial charge is 0.382 e. The predicted octanol–water partition coefficient (Wildman–Crippen LogP) is 1.81. The van der Waals surface area contributed by atoms with Crippen LogP contribution in [0.3, 0.4) is 0 Å². The monoisotopic (exact) mass is 275 g/mol. The van der Waals surface area contributed by atoms with Crippen molar-refractivity contribution >= 4 is 23.1 Å². The van der Waals surface area contributed by atoms with Crippen molar-refractivity contribution in [2.45, 2.75) is 13.3 Å². The lowest BCUT2D eigenvalue weighted by Gasteiger charge is -2.17. The maximum atomic E-state index is 7.46. The third-order valence-corrected chi connectivity index (χ3v) is 3.67. The molecule has 0 aliphatic heterocycles. The number of nitrogens with zero attached hydrogens (tertiary/aromatic N) is 3. The van der Waals surface area contributed by atoms with Crippen LogP contribution in [0.4, 0.5) is 5.95 Å². The molecule has 0 aliphatic rings. The summed E-state index contributed by atoms with van der Waals surface area (Å²) in [7, 11) is 1.95. The molecule has 0 aromatic carbocycles. The highest BCUT2D eigenvalue weighted by Gasteiger charge is 2.09. The Hall–Kier alpha value is -1.95. The Morgan fingerprint density at radius 3 is 2.89 bits per heavy atom. The van der Waals surface area contributed by atoms with Crippen LogP contribution in [0.5, 0.6) is 0 Å². The molecule has 0 unspecified atom stereocenters. The zero-order chi connectivity index (χ0) is 13.8. The van der Waals surface area contributed by atoms with Gasteiger partial charge in [-0.15, -0.1) is 11.3 Å². The van der Waals surface area contributed by atoms with Gasteiger partial charge in [-0.3, -0.25) is 5.41 Å². The van der Waals surface area contributed by atoms with Gasteiger partial charge in [0.1, 0.15) is 11.5 Å². The van der Waals surface area contributed by atoms with Gasteiger partial charge in [0.2, 0.25) is 5.95 Å². The predicted molar refractivity (Wildman–Crippen MR) is 79.1 cm³/mol. The number of rotatable bonds is 5. The van der Waals surface area contributed by atoms with Crippen molar-refractivity contribution in [1.29, 1.82) is 5.41 Å². The Bertz CT molecular complexity index is 564. The number of aryl methyl sites for hydroxylation is 1. The van der Waals surface area contributed by atoms with E-state index in [2.05, 4.69) is 27.5 Å². The fourth-order valence-corrected chi connectivity index (χ4v) is 2.39. The lowest BCUT2D eigenvalue weighted by molar-refractivity contribution is 0.838. The summed E-state index contributed by atoms with van der Waals surface area (Å²) in [5.74, 6) is 0.583. The van der Waals surface area contributed by atoms with E-state index in [0.29, 0.717) is 11.6 Å². The number of nitrogen functional groups attached to an aromatic ring is 1. The fraction of sp³-hybridized carbons (Fsp3) is 0.308. The minimum atomic E-state index is -0.0293. The second kappa shape index (κ2) is 5.79. The highest BCUT2D eigenvalue weighted by atomic mass is 32.1. The molecule has 2 aromatic rings. The van der Waals surface area contributed by atoms with Crippen molar-refractivity contribution in [3.63, 3.8) is 0 Å². The van der Waals surface area contributed by atoms with Gasteiger partial charge in [-0.05, 0) is 30.9 Å². The first kappa shape index (κ1) is 13.5. The molecule has 0 aliphatic carbocycles. The number of anilines is 1. The molecule has 6 heteroatoms. The molecule has 0 fully saturated rings. The quantitative estimate of drug-likeness (QED) is 0.644. The number of amidine groups is 1. The molecule has 0 saturated heterocycles. The Kier molecular flexibility index (Phi) is 4.11. The number of aromatic nitrogens is 2. The summed E-state index contributed by atoms with van der Waals surface area (Å²) in [5.41, 5.74) is 6.77. The van der Waals surface area contributed by atoms with Crippen LogP contribution in [0.25, 0.3) is 0 Å². The molecule has 0 spiro atoms. The number of thiophene rings is 1. The van der Waals surface area contributed by atoms with E-state index < -0.39 is 0 Å². The van der Waals surface area contributed by atoms with Crippen molar-refractivity contribution in [2.24, 2.45) is 5.73 Å². The minimum Gasteiger partial charge on any atom is -0.382 e. The van der Waals surface area contributed by atoms with E-state index in [1.165, 1.54) is 4.88 Å². The van der Waals surface area contributed by atoms with Crippen LogP contribution in [0.2, 0.25) is 0 Å². The molecular weight excluding hydrogens is 258 g/mol. The summed E-state index contributed by atoms with van der Waals surface area (Å²) in [6.45, 7) is 2.71. The lowest BCUT2D eigenvalue weighted by Crippen LogP contribution is -2.24. The van der Waals surface area contributed by atoms with E-state index >= 15 is 0 Å². The van der Waals surface area contributed by atoms with Crippen molar-refractivity contribution in [2.75, 3.05) is 18.5 Å². The highest BCUT2D eigenvalue weighted by molar-refractivity contribution is 7.09. The normalized spacial score (nSPS) is 10.4. The molecular formula is C13H17N5S. The van der Waals surface area contributed by atoms with E-state index in [0.717, 1.165) is 18.7 Å². The summed E-state index contributed by atoms with van der Waals surface area (Å²) >= 11 is 1.75. The molecule has 100 valence electrons. The van der Waals surface area contributed by atoms with Gasteiger partial charge in [0.05, 0.1) is 0 Å². The van der Waals surface area contributed by atoms with E-state index in [9.17, 15) is 0 Å². The zero-order valence-corrected chi connectivity index (χ0v) is 11.9. The first-order valence-electron chi connectivity index (χ1n) is 6.00. The van der Waals surface area contributed by atoms with Crippen LogP contribution >= 0.6 is 11.3 Å². The van der Waals surface area contributed by atoms with Crippen LogP contribution in [0.1, 0.15) is 16.3 Å². The maximum Gasteiger partial charge on any atom is 0.225 e. The van der Waals surface area contributed by atoms with Crippen molar-refractivity contribution in [3.8, 4) is 0 Å². The van der Waals surface area contributed by atoms with Crippen LogP contribution in [-0.2, 0) is 6.42 Å². The topological polar surface area (TPSA) is 78.9 Å². The van der Waals surface area contributed by atoms with Gasteiger partial charge in [-0.1, -0.05) is 6.07 Å². The van der Waals surface area contributed by atoms with Crippen molar-refractivity contribution < 1.29 is 0 Å². The van der Waals surface area contributed by atoms with E-state index in [-0.39, 0.29) is 5.84 Å². The van der Waals surface area contributed by atoms with E-state index in [4.69, 9.17) is 11.1 Å². The first-order chi connectivity index (χ1) is 9.06. The average molecular weight is 275 g/mol. The van der Waals surface area contributed by atoms with Gasteiger partial charge < -0.3 is 10.6 Å².